The largest absolute Gasteiger partial charge is 0.416 e. The highest BCUT2D eigenvalue weighted by Crippen LogP contribution is 2.36. The summed E-state index contributed by atoms with van der Waals surface area (Å²) in [6, 6.07) is 3.48. The van der Waals surface area contributed by atoms with E-state index in [0.717, 1.165) is 48.1 Å². The Hall–Kier alpha value is -1.99. The third kappa shape index (κ3) is 5.79. The fourth-order valence-corrected chi connectivity index (χ4v) is 2.50. The van der Waals surface area contributed by atoms with Crippen molar-refractivity contribution in [2.24, 2.45) is 5.92 Å². The van der Waals surface area contributed by atoms with Crippen molar-refractivity contribution < 1.29 is 31.1 Å². The molecule has 1 saturated carbocycles. The second-order valence-electron chi connectivity index (χ2n) is 6.11. The lowest BCUT2D eigenvalue weighted by Gasteiger charge is -2.29. The molecule has 0 saturated heterocycles. The zero-order chi connectivity index (χ0) is 18.8. The number of benzene rings is 1. The van der Waals surface area contributed by atoms with Gasteiger partial charge in [-0.25, -0.2) is 0 Å². The molecule has 8 heteroatoms. The van der Waals surface area contributed by atoms with Crippen LogP contribution in [0, 0.1) is 5.92 Å². The first-order valence-corrected chi connectivity index (χ1v) is 7.70. The summed E-state index contributed by atoms with van der Waals surface area (Å²) in [6.07, 6.45) is -5.24. The number of hydrogen-bond acceptors (Lipinski definition) is 1. The van der Waals surface area contributed by atoms with Crippen LogP contribution in [0.5, 0.6) is 0 Å². The van der Waals surface area contributed by atoms with Crippen molar-refractivity contribution in [3.63, 3.8) is 0 Å². The summed E-state index contributed by atoms with van der Waals surface area (Å²) >= 11 is 0. The van der Waals surface area contributed by atoms with Crippen LogP contribution < -0.4 is 0 Å². The lowest BCUT2D eigenvalue weighted by molar-refractivity contribution is -0.162. The van der Waals surface area contributed by atoms with Gasteiger partial charge in [0.1, 0.15) is 6.54 Å². The summed E-state index contributed by atoms with van der Waals surface area (Å²) in [5.74, 6) is -0.748. The van der Waals surface area contributed by atoms with Gasteiger partial charge in [0.05, 0.1) is 5.56 Å². The van der Waals surface area contributed by atoms with Crippen LogP contribution in [0.15, 0.2) is 30.3 Å². The van der Waals surface area contributed by atoms with Gasteiger partial charge in [0, 0.05) is 12.1 Å². The summed E-state index contributed by atoms with van der Waals surface area (Å²) in [5.41, 5.74) is -0.538. The lowest BCUT2D eigenvalue weighted by Crippen LogP contribution is -2.44. The summed E-state index contributed by atoms with van der Waals surface area (Å²) in [7, 11) is 0. The highest BCUT2D eigenvalue weighted by molar-refractivity contribution is 5.92. The Balaban J connectivity index is 2.09. The van der Waals surface area contributed by atoms with Gasteiger partial charge in [-0.05, 0) is 49.5 Å². The van der Waals surface area contributed by atoms with Crippen molar-refractivity contribution in [3.8, 4) is 0 Å². The van der Waals surface area contributed by atoms with E-state index < -0.39 is 36.4 Å². The maximum absolute atomic E-state index is 12.7. The lowest BCUT2D eigenvalue weighted by atomic mass is 10.1. The number of halogens is 6. The molecule has 1 atom stereocenters. The van der Waals surface area contributed by atoms with Crippen molar-refractivity contribution in [2.75, 3.05) is 6.54 Å². The second-order valence-corrected chi connectivity index (χ2v) is 6.11. The molecular formula is C17H17F6NO. The van der Waals surface area contributed by atoms with Crippen LogP contribution >= 0.6 is 0 Å². The van der Waals surface area contributed by atoms with Crippen LogP contribution in [-0.4, -0.2) is 29.6 Å². The number of carbonyl (C=O) groups excluding carboxylic acids is 1. The minimum absolute atomic E-state index is 0.0609. The maximum Gasteiger partial charge on any atom is 0.416 e. The topological polar surface area (TPSA) is 20.3 Å². The predicted molar refractivity (Wildman–Crippen MR) is 80.4 cm³/mol. The number of hydrogen-bond donors (Lipinski definition) is 0. The van der Waals surface area contributed by atoms with Crippen LogP contribution in [0.2, 0.25) is 0 Å². The molecule has 138 valence electrons. The smallest absolute Gasteiger partial charge is 0.327 e. The second kappa shape index (κ2) is 7.09. The van der Waals surface area contributed by atoms with E-state index in [2.05, 4.69) is 0 Å². The quantitative estimate of drug-likeness (QED) is 0.536. The summed E-state index contributed by atoms with van der Waals surface area (Å²) in [6.45, 7) is 0.230. The van der Waals surface area contributed by atoms with Gasteiger partial charge in [-0.1, -0.05) is 12.1 Å². The molecule has 0 N–H and O–H groups in total. The van der Waals surface area contributed by atoms with E-state index in [4.69, 9.17) is 0 Å². The Morgan fingerprint density at radius 1 is 1.16 bits per heavy atom. The number of nitrogens with zero attached hydrogens (tertiary/aromatic N) is 1. The molecule has 25 heavy (non-hydrogen) atoms. The third-order valence-electron chi connectivity index (χ3n) is 4.08. The SMILES string of the molecule is C[C@H](C1CC1)N(CC(F)(F)F)C(=O)/C=C/c1ccc(C(F)(F)F)cc1. The number of alkyl halides is 6. The first-order chi connectivity index (χ1) is 11.5. The normalized spacial score (nSPS) is 16.9. The van der Waals surface area contributed by atoms with E-state index in [1.807, 2.05) is 0 Å². The predicted octanol–water partition coefficient (Wildman–Crippen LogP) is 4.91. The Morgan fingerprint density at radius 3 is 2.16 bits per heavy atom. The summed E-state index contributed by atoms with van der Waals surface area (Å²) < 4.78 is 75.6. The maximum atomic E-state index is 12.7. The minimum atomic E-state index is -4.51. The van der Waals surface area contributed by atoms with E-state index in [9.17, 15) is 31.1 Å². The molecule has 2 rings (SSSR count). The fraction of sp³-hybridized carbons (Fsp3) is 0.471. The van der Waals surface area contributed by atoms with Crippen LogP contribution in [0.4, 0.5) is 26.3 Å². The van der Waals surface area contributed by atoms with Gasteiger partial charge in [0.2, 0.25) is 5.91 Å². The Kier molecular flexibility index (Phi) is 5.49. The standard InChI is InChI=1S/C17H17F6NO/c1-11(13-5-6-13)24(10-16(18,19)20)15(25)9-4-12-2-7-14(8-3-12)17(21,22)23/h2-4,7-9,11,13H,5-6,10H2,1H3/b9-4+/t11-/m1/s1. The van der Waals surface area contributed by atoms with Gasteiger partial charge in [-0.3, -0.25) is 4.79 Å². The van der Waals surface area contributed by atoms with Gasteiger partial charge in [-0.2, -0.15) is 26.3 Å². The van der Waals surface area contributed by atoms with Crippen molar-refractivity contribution in [3.05, 3.63) is 41.5 Å². The molecule has 0 spiro atoms. The van der Waals surface area contributed by atoms with E-state index in [0.29, 0.717) is 5.56 Å². The zero-order valence-electron chi connectivity index (χ0n) is 13.4. The molecule has 0 radical (unpaired) electrons. The number of rotatable bonds is 5. The fourth-order valence-electron chi connectivity index (χ4n) is 2.50. The van der Waals surface area contributed by atoms with Gasteiger partial charge in [0.15, 0.2) is 0 Å². The van der Waals surface area contributed by atoms with Gasteiger partial charge in [-0.15, -0.1) is 0 Å². The molecule has 0 unspecified atom stereocenters. The monoisotopic (exact) mass is 365 g/mol. The van der Waals surface area contributed by atoms with Crippen LogP contribution in [0.25, 0.3) is 6.08 Å². The Bertz CT molecular complexity index is 628. The molecule has 0 bridgehead atoms. The average Bonchev–Trinajstić information content (AvgIpc) is 3.33. The minimum Gasteiger partial charge on any atom is -0.327 e. The van der Waals surface area contributed by atoms with E-state index in [1.165, 1.54) is 6.08 Å². The van der Waals surface area contributed by atoms with Crippen molar-refractivity contribution >= 4 is 12.0 Å². The highest BCUT2D eigenvalue weighted by atomic mass is 19.4. The molecule has 1 aliphatic carbocycles. The third-order valence-corrected chi connectivity index (χ3v) is 4.08. The Morgan fingerprint density at radius 2 is 1.72 bits per heavy atom. The molecular weight excluding hydrogens is 348 g/mol. The summed E-state index contributed by atoms with van der Waals surface area (Å²) in [5, 5.41) is 0. The van der Waals surface area contributed by atoms with Crippen LogP contribution in [0.1, 0.15) is 30.9 Å². The molecule has 2 nitrogen and oxygen atoms in total. The van der Waals surface area contributed by atoms with Gasteiger partial charge in [0.25, 0.3) is 0 Å². The van der Waals surface area contributed by atoms with Gasteiger partial charge >= 0.3 is 12.4 Å². The van der Waals surface area contributed by atoms with E-state index in [1.54, 1.807) is 6.92 Å². The van der Waals surface area contributed by atoms with Crippen molar-refractivity contribution in [1.29, 1.82) is 0 Å². The van der Waals surface area contributed by atoms with E-state index in [-0.39, 0.29) is 5.92 Å². The molecule has 1 amide bonds. The van der Waals surface area contributed by atoms with Crippen LogP contribution in [0.3, 0.4) is 0 Å². The van der Waals surface area contributed by atoms with Gasteiger partial charge < -0.3 is 4.90 Å². The first kappa shape index (κ1) is 19.3. The molecule has 0 heterocycles. The molecule has 1 aromatic carbocycles. The first-order valence-electron chi connectivity index (χ1n) is 7.70. The molecule has 0 aromatic heterocycles. The summed E-state index contributed by atoms with van der Waals surface area (Å²) in [4.78, 5) is 12.9. The molecule has 1 aromatic rings. The van der Waals surface area contributed by atoms with E-state index >= 15 is 0 Å². The number of amides is 1. The molecule has 1 aliphatic rings. The highest BCUT2D eigenvalue weighted by Gasteiger charge is 2.39. The Labute approximate surface area is 141 Å². The number of carbonyl (C=O) groups is 1. The molecule has 1 fully saturated rings. The van der Waals surface area contributed by atoms with Crippen LogP contribution in [-0.2, 0) is 11.0 Å². The van der Waals surface area contributed by atoms with Crippen molar-refractivity contribution in [1.82, 2.24) is 4.90 Å². The average molecular weight is 365 g/mol. The van der Waals surface area contributed by atoms with Crippen molar-refractivity contribution in [2.45, 2.75) is 38.2 Å². The zero-order valence-corrected chi connectivity index (χ0v) is 13.4. The molecule has 0 aliphatic heterocycles.